The van der Waals surface area contributed by atoms with Crippen molar-refractivity contribution < 1.29 is 13.2 Å². The molecule has 7 heteroatoms. The Hall–Kier alpha value is -2.67. The molecular formula is C21H23N3O3S. The average molecular weight is 398 g/mol. The van der Waals surface area contributed by atoms with Gasteiger partial charge in [0.25, 0.3) is 10.0 Å². The zero-order valence-electron chi connectivity index (χ0n) is 16.0. The van der Waals surface area contributed by atoms with Crippen LogP contribution in [0.15, 0.2) is 51.8 Å². The van der Waals surface area contributed by atoms with Gasteiger partial charge in [-0.15, -0.1) is 4.40 Å². The number of anilines is 1. The van der Waals surface area contributed by atoms with Crippen molar-refractivity contribution in [3.63, 3.8) is 0 Å². The highest BCUT2D eigenvalue weighted by atomic mass is 32.2. The topological polar surface area (TPSA) is 78.8 Å². The van der Waals surface area contributed by atoms with E-state index in [-0.39, 0.29) is 16.7 Å². The zero-order valence-corrected chi connectivity index (χ0v) is 16.8. The van der Waals surface area contributed by atoms with Crippen LogP contribution in [-0.2, 0) is 14.8 Å². The van der Waals surface area contributed by atoms with E-state index in [1.165, 1.54) is 0 Å². The van der Waals surface area contributed by atoms with Gasteiger partial charge >= 0.3 is 0 Å². The predicted molar refractivity (Wildman–Crippen MR) is 109 cm³/mol. The Kier molecular flexibility index (Phi) is 4.71. The van der Waals surface area contributed by atoms with Gasteiger partial charge in [0.05, 0.1) is 5.92 Å². The number of rotatable bonds is 2. The number of aryl methyl sites for hydroxylation is 2. The van der Waals surface area contributed by atoms with Crippen LogP contribution in [0.5, 0.6) is 0 Å². The van der Waals surface area contributed by atoms with Crippen molar-refractivity contribution in [1.82, 2.24) is 4.90 Å². The monoisotopic (exact) mass is 397 g/mol. The maximum atomic E-state index is 12.8. The maximum Gasteiger partial charge on any atom is 0.285 e. The molecule has 1 amide bonds. The summed E-state index contributed by atoms with van der Waals surface area (Å²) in [6, 6.07) is 12.8. The second-order valence-corrected chi connectivity index (χ2v) is 9.05. The van der Waals surface area contributed by atoms with Crippen LogP contribution in [0, 0.1) is 19.8 Å². The molecule has 2 aliphatic rings. The number of nitrogens with one attached hydrogen (secondary N) is 1. The van der Waals surface area contributed by atoms with E-state index in [4.69, 9.17) is 0 Å². The highest BCUT2D eigenvalue weighted by Crippen LogP contribution is 2.30. The van der Waals surface area contributed by atoms with Crippen LogP contribution in [0.3, 0.4) is 0 Å². The molecular weight excluding hydrogens is 374 g/mol. The molecule has 1 saturated heterocycles. The van der Waals surface area contributed by atoms with Gasteiger partial charge < -0.3 is 10.2 Å². The first-order valence-electron chi connectivity index (χ1n) is 9.42. The van der Waals surface area contributed by atoms with Crippen LogP contribution < -0.4 is 5.32 Å². The van der Waals surface area contributed by atoms with Crippen LogP contribution in [0.2, 0.25) is 0 Å². The lowest BCUT2D eigenvalue weighted by Gasteiger charge is -2.33. The SMILES string of the molecule is Cc1ccc(NC(=O)[C@H]2CCCN(C3=NS(=O)(=O)c4ccccc43)C2)c(C)c1. The van der Waals surface area contributed by atoms with Gasteiger partial charge in [-0.2, -0.15) is 8.42 Å². The second kappa shape index (κ2) is 7.05. The van der Waals surface area contributed by atoms with Crippen molar-refractivity contribution in [3.8, 4) is 0 Å². The van der Waals surface area contributed by atoms with Crippen molar-refractivity contribution in [2.45, 2.75) is 31.6 Å². The van der Waals surface area contributed by atoms with Crippen molar-refractivity contribution in [1.29, 1.82) is 0 Å². The lowest BCUT2D eigenvalue weighted by atomic mass is 9.96. The molecule has 2 aromatic rings. The van der Waals surface area contributed by atoms with Crippen molar-refractivity contribution >= 4 is 27.5 Å². The molecule has 1 fully saturated rings. The van der Waals surface area contributed by atoms with Crippen molar-refractivity contribution in [3.05, 3.63) is 59.2 Å². The summed E-state index contributed by atoms with van der Waals surface area (Å²) in [6.07, 6.45) is 1.58. The van der Waals surface area contributed by atoms with E-state index >= 15 is 0 Å². The van der Waals surface area contributed by atoms with Crippen LogP contribution in [0.1, 0.15) is 29.5 Å². The summed E-state index contributed by atoms with van der Waals surface area (Å²) in [7, 11) is -3.65. The highest BCUT2D eigenvalue weighted by molar-refractivity contribution is 7.90. The van der Waals surface area contributed by atoms with Gasteiger partial charge in [0.2, 0.25) is 5.91 Å². The number of sulfonamides is 1. The Labute approximate surface area is 165 Å². The third-order valence-corrected chi connectivity index (χ3v) is 6.67. The first kappa shape index (κ1) is 18.7. The van der Waals surface area contributed by atoms with Gasteiger partial charge in [-0.25, -0.2) is 0 Å². The van der Waals surface area contributed by atoms with Crippen LogP contribution >= 0.6 is 0 Å². The Morgan fingerprint density at radius 3 is 2.75 bits per heavy atom. The lowest BCUT2D eigenvalue weighted by Crippen LogP contribution is -2.43. The second-order valence-electron chi connectivity index (χ2n) is 7.48. The fourth-order valence-electron chi connectivity index (χ4n) is 3.89. The Morgan fingerprint density at radius 1 is 1.18 bits per heavy atom. The van der Waals surface area contributed by atoms with E-state index in [0.29, 0.717) is 24.5 Å². The van der Waals surface area contributed by atoms with Crippen LogP contribution in [0.25, 0.3) is 0 Å². The molecule has 28 heavy (non-hydrogen) atoms. The summed E-state index contributed by atoms with van der Waals surface area (Å²) in [5.74, 6) is 0.207. The number of amides is 1. The van der Waals surface area contributed by atoms with Crippen LogP contribution in [-0.4, -0.2) is 38.2 Å². The number of benzene rings is 2. The van der Waals surface area contributed by atoms with Crippen molar-refractivity contribution in [2.75, 3.05) is 18.4 Å². The molecule has 1 atom stereocenters. The summed E-state index contributed by atoms with van der Waals surface area (Å²) in [4.78, 5) is 15.0. The number of nitrogens with zero attached hydrogens (tertiary/aromatic N) is 2. The Balaban J connectivity index is 1.53. The van der Waals surface area contributed by atoms with E-state index in [1.807, 2.05) is 43.0 Å². The normalized spacial score (nSPS) is 20.4. The van der Waals surface area contributed by atoms with E-state index in [2.05, 4.69) is 9.71 Å². The molecule has 0 aromatic heterocycles. The first-order chi connectivity index (χ1) is 13.3. The predicted octanol–water partition coefficient (Wildman–Crippen LogP) is 3.10. The standard InChI is InChI=1S/C21H23N3O3S/c1-14-9-10-18(15(2)12-14)22-21(25)16-6-5-11-24(13-16)20-17-7-3-4-8-19(17)28(26,27)23-20/h3-4,7-10,12,16H,5-6,11,13H2,1-2H3,(H,22,25)/t16-/m0/s1. The largest absolute Gasteiger partial charge is 0.355 e. The maximum absolute atomic E-state index is 12.8. The van der Waals surface area contributed by atoms with Gasteiger partial charge in [0, 0.05) is 24.3 Å². The summed E-state index contributed by atoms with van der Waals surface area (Å²) in [6.45, 7) is 5.14. The molecule has 146 valence electrons. The number of amidine groups is 1. The molecule has 0 saturated carbocycles. The third kappa shape index (κ3) is 3.42. The molecule has 0 bridgehead atoms. The lowest BCUT2D eigenvalue weighted by molar-refractivity contribution is -0.121. The molecule has 2 aliphatic heterocycles. The minimum absolute atomic E-state index is 0.0357. The molecule has 0 radical (unpaired) electrons. The fraction of sp³-hybridized carbons (Fsp3) is 0.333. The molecule has 0 spiro atoms. The van der Waals surface area contributed by atoms with E-state index in [1.54, 1.807) is 18.2 Å². The van der Waals surface area contributed by atoms with Gasteiger partial charge in [0.15, 0.2) is 5.84 Å². The fourth-order valence-corrected chi connectivity index (χ4v) is 5.12. The third-order valence-electron chi connectivity index (χ3n) is 5.34. The van der Waals surface area contributed by atoms with E-state index < -0.39 is 10.0 Å². The van der Waals surface area contributed by atoms with E-state index in [0.717, 1.165) is 29.7 Å². The van der Waals surface area contributed by atoms with Crippen LogP contribution in [0.4, 0.5) is 5.69 Å². The van der Waals surface area contributed by atoms with Gasteiger partial charge in [-0.1, -0.05) is 29.8 Å². The van der Waals surface area contributed by atoms with Crippen molar-refractivity contribution in [2.24, 2.45) is 10.3 Å². The summed E-state index contributed by atoms with van der Waals surface area (Å²) >= 11 is 0. The number of carbonyl (C=O) groups excluding carboxylic acids is 1. The number of hydrogen-bond acceptors (Lipinski definition) is 4. The molecule has 0 aliphatic carbocycles. The molecule has 6 nitrogen and oxygen atoms in total. The molecule has 1 N–H and O–H groups in total. The summed E-state index contributed by atoms with van der Waals surface area (Å²) < 4.78 is 28.7. The Morgan fingerprint density at radius 2 is 1.96 bits per heavy atom. The molecule has 2 heterocycles. The van der Waals surface area contributed by atoms with Gasteiger partial charge in [-0.05, 0) is 50.5 Å². The van der Waals surface area contributed by atoms with E-state index in [9.17, 15) is 13.2 Å². The number of carbonyl (C=O) groups is 1. The minimum Gasteiger partial charge on any atom is -0.355 e. The number of fused-ring (bicyclic) bond motifs is 1. The minimum atomic E-state index is -3.65. The summed E-state index contributed by atoms with van der Waals surface area (Å²) in [5, 5.41) is 3.03. The van der Waals surface area contributed by atoms with Gasteiger partial charge in [-0.3, -0.25) is 4.79 Å². The number of likely N-dealkylation sites (tertiary alicyclic amines) is 1. The number of hydrogen-bond donors (Lipinski definition) is 1. The average Bonchev–Trinajstić information content (AvgIpc) is 2.96. The summed E-state index contributed by atoms with van der Waals surface area (Å²) in [5.41, 5.74) is 3.62. The first-order valence-corrected chi connectivity index (χ1v) is 10.9. The molecule has 2 aromatic carbocycles. The number of piperidine rings is 1. The van der Waals surface area contributed by atoms with Gasteiger partial charge in [0.1, 0.15) is 4.90 Å². The highest BCUT2D eigenvalue weighted by Gasteiger charge is 2.35. The smallest absolute Gasteiger partial charge is 0.285 e. The quantitative estimate of drug-likeness (QED) is 0.845. The Bertz CT molecular complexity index is 1080. The molecule has 0 unspecified atom stereocenters. The zero-order chi connectivity index (χ0) is 19.9. The molecule has 4 rings (SSSR count).